The van der Waals surface area contributed by atoms with Crippen molar-refractivity contribution >= 4 is 11.6 Å². The van der Waals surface area contributed by atoms with Crippen molar-refractivity contribution in [1.82, 2.24) is 14.9 Å². The van der Waals surface area contributed by atoms with Crippen molar-refractivity contribution in [2.24, 2.45) is 0 Å². The molecule has 4 aromatic rings. The van der Waals surface area contributed by atoms with E-state index < -0.39 is 0 Å². The summed E-state index contributed by atoms with van der Waals surface area (Å²) in [7, 11) is 2.08. The Labute approximate surface area is 213 Å². The summed E-state index contributed by atoms with van der Waals surface area (Å²) in [5, 5.41) is 0. The van der Waals surface area contributed by atoms with Crippen LogP contribution in [0.25, 0.3) is 0 Å². The van der Waals surface area contributed by atoms with Gasteiger partial charge in [0.25, 0.3) is 0 Å². The maximum atomic E-state index is 5.92. The number of benzene rings is 3. The van der Waals surface area contributed by atoms with Gasteiger partial charge < -0.3 is 14.5 Å². The molecule has 1 aromatic heterocycles. The fourth-order valence-electron chi connectivity index (χ4n) is 4.63. The Kier molecular flexibility index (Phi) is 7.86. The molecular weight excluding hydrogens is 446 g/mol. The van der Waals surface area contributed by atoms with Crippen LogP contribution in [0.4, 0.5) is 11.6 Å². The molecule has 5 rings (SSSR count). The van der Waals surface area contributed by atoms with Gasteiger partial charge in [0.2, 0.25) is 0 Å². The molecule has 0 bridgehead atoms. The van der Waals surface area contributed by atoms with Crippen LogP contribution in [0.3, 0.4) is 0 Å². The number of rotatable bonds is 10. The largest absolute Gasteiger partial charge is 0.364 e. The molecule has 6 nitrogen and oxygen atoms in total. The highest BCUT2D eigenvalue weighted by atomic mass is 16.5. The second kappa shape index (κ2) is 11.8. The quantitative estimate of drug-likeness (QED) is 0.320. The van der Waals surface area contributed by atoms with Crippen LogP contribution in [-0.4, -0.2) is 47.8 Å². The molecule has 0 amide bonds. The first kappa shape index (κ1) is 24.0. The molecule has 184 valence electrons. The Bertz CT molecular complexity index is 1210. The Balaban J connectivity index is 1.36. The van der Waals surface area contributed by atoms with Gasteiger partial charge in [-0.2, -0.15) is 0 Å². The molecule has 1 aliphatic rings. The summed E-state index contributed by atoms with van der Waals surface area (Å²) in [4.78, 5) is 16.2. The van der Waals surface area contributed by atoms with Gasteiger partial charge >= 0.3 is 0 Å². The third-order valence-electron chi connectivity index (χ3n) is 6.58. The fourth-order valence-corrected chi connectivity index (χ4v) is 4.63. The second-order valence-corrected chi connectivity index (χ2v) is 9.33. The normalized spacial score (nSPS) is 15.6. The number of nitrogens with zero attached hydrogens (tertiary/aromatic N) is 5. The van der Waals surface area contributed by atoms with Gasteiger partial charge in [-0.05, 0) is 16.7 Å². The molecule has 0 aliphatic carbocycles. The third kappa shape index (κ3) is 6.27. The van der Waals surface area contributed by atoms with Gasteiger partial charge in [-0.1, -0.05) is 91.0 Å². The van der Waals surface area contributed by atoms with E-state index in [2.05, 4.69) is 118 Å². The maximum absolute atomic E-state index is 5.92. The highest BCUT2D eigenvalue weighted by Gasteiger charge is 2.28. The highest BCUT2D eigenvalue weighted by Crippen LogP contribution is 2.23. The van der Waals surface area contributed by atoms with E-state index in [4.69, 9.17) is 9.72 Å². The van der Waals surface area contributed by atoms with Gasteiger partial charge in [0, 0.05) is 39.3 Å². The molecule has 36 heavy (non-hydrogen) atoms. The van der Waals surface area contributed by atoms with E-state index in [1.54, 1.807) is 6.33 Å². The monoisotopic (exact) mass is 479 g/mol. The van der Waals surface area contributed by atoms with Crippen LogP contribution >= 0.6 is 0 Å². The van der Waals surface area contributed by atoms with E-state index in [1.165, 1.54) is 16.7 Å². The Morgan fingerprint density at radius 3 is 2.03 bits per heavy atom. The van der Waals surface area contributed by atoms with Crippen molar-refractivity contribution in [1.29, 1.82) is 0 Å². The summed E-state index contributed by atoms with van der Waals surface area (Å²) in [5.74, 6) is 1.83. The van der Waals surface area contributed by atoms with E-state index in [0.29, 0.717) is 13.3 Å². The van der Waals surface area contributed by atoms with Crippen LogP contribution in [0.15, 0.2) is 103 Å². The standard InChI is InChI=1S/C30H33N5O/c1-33(18-25-11-5-2-6-12-25)29-17-30(32-23-31-29)34(19-26-13-7-3-8-14-26)21-28-22-36-24-35(28)20-27-15-9-4-10-16-27/h2-17,23,28H,18-22,24H2,1H3/t28-/m0/s1. The van der Waals surface area contributed by atoms with Crippen LogP contribution in [0, 0.1) is 0 Å². The van der Waals surface area contributed by atoms with Gasteiger partial charge in [0.1, 0.15) is 18.0 Å². The smallest absolute Gasteiger partial charge is 0.134 e. The van der Waals surface area contributed by atoms with Gasteiger partial charge in [-0.15, -0.1) is 0 Å². The van der Waals surface area contributed by atoms with Crippen molar-refractivity contribution in [2.45, 2.75) is 25.7 Å². The van der Waals surface area contributed by atoms with Gasteiger partial charge in [-0.3, -0.25) is 4.90 Å². The molecular formula is C30H33N5O. The summed E-state index contributed by atoms with van der Waals surface area (Å²) in [6.45, 7) is 4.62. The van der Waals surface area contributed by atoms with E-state index in [9.17, 15) is 0 Å². The van der Waals surface area contributed by atoms with Gasteiger partial charge in [0.15, 0.2) is 0 Å². The number of hydrogen-bond donors (Lipinski definition) is 0. The van der Waals surface area contributed by atoms with E-state index in [-0.39, 0.29) is 6.04 Å². The number of hydrogen-bond acceptors (Lipinski definition) is 6. The molecule has 0 N–H and O–H groups in total. The van der Waals surface area contributed by atoms with Gasteiger partial charge in [-0.25, -0.2) is 9.97 Å². The number of aromatic nitrogens is 2. The van der Waals surface area contributed by atoms with E-state index >= 15 is 0 Å². The van der Waals surface area contributed by atoms with Crippen molar-refractivity contribution in [3.63, 3.8) is 0 Å². The van der Waals surface area contributed by atoms with Crippen LogP contribution in [-0.2, 0) is 24.4 Å². The first-order valence-corrected chi connectivity index (χ1v) is 12.5. The first-order valence-electron chi connectivity index (χ1n) is 12.5. The van der Waals surface area contributed by atoms with Crippen LogP contribution < -0.4 is 9.80 Å². The predicted molar refractivity (Wildman–Crippen MR) is 145 cm³/mol. The van der Waals surface area contributed by atoms with Crippen LogP contribution in [0.2, 0.25) is 0 Å². The Morgan fingerprint density at radius 2 is 1.36 bits per heavy atom. The van der Waals surface area contributed by atoms with Crippen molar-refractivity contribution < 1.29 is 4.74 Å². The molecule has 1 fully saturated rings. The molecule has 0 unspecified atom stereocenters. The predicted octanol–water partition coefficient (Wildman–Crippen LogP) is 4.98. The van der Waals surface area contributed by atoms with Crippen LogP contribution in [0.5, 0.6) is 0 Å². The average Bonchev–Trinajstić information content (AvgIpc) is 3.36. The lowest BCUT2D eigenvalue weighted by atomic mass is 10.1. The maximum Gasteiger partial charge on any atom is 0.134 e. The Morgan fingerprint density at radius 1 is 0.778 bits per heavy atom. The zero-order valence-electron chi connectivity index (χ0n) is 20.8. The lowest BCUT2D eigenvalue weighted by Crippen LogP contribution is -2.41. The average molecular weight is 480 g/mol. The molecule has 2 heterocycles. The summed E-state index contributed by atoms with van der Waals surface area (Å²) >= 11 is 0. The van der Waals surface area contributed by atoms with E-state index in [1.807, 2.05) is 6.07 Å². The molecule has 0 spiro atoms. The topological polar surface area (TPSA) is 44.7 Å². The number of ether oxygens (including phenoxy) is 1. The highest BCUT2D eigenvalue weighted by molar-refractivity contribution is 5.50. The van der Waals surface area contributed by atoms with Crippen LogP contribution in [0.1, 0.15) is 16.7 Å². The fraction of sp³-hybridized carbons (Fsp3) is 0.267. The molecule has 1 saturated heterocycles. The minimum Gasteiger partial charge on any atom is -0.364 e. The molecule has 1 atom stereocenters. The molecule has 3 aromatic carbocycles. The van der Waals surface area contributed by atoms with Crippen molar-refractivity contribution in [3.8, 4) is 0 Å². The molecule has 0 saturated carbocycles. The molecule has 6 heteroatoms. The zero-order chi connectivity index (χ0) is 24.6. The Hall–Kier alpha value is -3.74. The summed E-state index contributed by atoms with van der Waals surface area (Å²) in [6.07, 6.45) is 1.68. The SMILES string of the molecule is CN(Cc1ccccc1)c1cc(N(Cc2ccccc2)C[C@H]2COCN2Cc2ccccc2)ncn1. The summed E-state index contributed by atoms with van der Waals surface area (Å²) in [5.41, 5.74) is 3.80. The third-order valence-corrected chi connectivity index (χ3v) is 6.58. The summed E-state index contributed by atoms with van der Waals surface area (Å²) in [6, 6.07) is 34.0. The number of anilines is 2. The minimum absolute atomic E-state index is 0.273. The minimum atomic E-state index is 0.273. The van der Waals surface area contributed by atoms with E-state index in [0.717, 1.165) is 37.8 Å². The molecule has 0 radical (unpaired) electrons. The molecule has 1 aliphatic heterocycles. The lowest BCUT2D eigenvalue weighted by molar-refractivity contribution is 0.134. The van der Waals surface area contributed by atoms with Crippen molar-refractivity contribution in [3.05, 3.63) is 120 Å². The summed E-state index contributed by atoms with van der Waals surface area (Å²) < 4.78 is 5.92. The van der Waals surface area contributed by atoms with Gasteiger partial charge in [0.05, 0.1) is 19.4 Å². The second-order valence-electron chi connectivity index (χ2n) is 9.33. The van der Waals surface area contributed by atoms with Crippen molar-refractivity contribution in [2.75, 3.05) is 36.7 Å². The first-order chi connectivity index (χ1) is 17.7. The lowest BCUT2D eigenvalue weighted by Gasteiger charge is -2.31. The zero-order valence-corrected chi connectivity index (χ0v) is 20.8.